The molecule has 2 heterocycles. The molecule has 2 aliphatic rings. The van der Waals surface area contributed by atoms with E-state index in [9.17, 15) is 9.59 Å². The van der Waals surface area contributed by atoms with E-state index in [2.05, 4.69) is 10.6 Å². The van der Waals surface area contributed by atoms with Gasteiger partial charge in [0.1, 0.15) is 0 Å². The van der Waals surface area contributed by atoms with Gasteiger partial charge in [-0.3, -0.25) is 9.69 Å². The number of hydrogen-bond acceptors (Lipinski definition) is 3. The smallest absolute Gasteiger partial charge is 0.321 e. The van der Waals surface area contributed by atoms with Crippen LogP contribution in [0.25, 0.3) is 0 Å². The molecule has 6 heteroatoms. The van der Waals surface area contributed by atoms with Crippen molar-refractivity contribution < 1.29 is 9.59 Å². The molecular weight excluding hydrogens is 292 g/mol. The first kappa shape index (κ1) is 15.8. The fraction of sp³-hybridized carbons (Fsp3) is 0.529. The van der Waals surface area contributed by atoms with E-state index < -0.39 is 0 Å². The van der Waals surface area contributed by atoms with Gasteiger partial charge < -0.3 is 15.5 Å². The third-order valence-electron chi connectivity index (χ3n) is 4.68. The third kappa shape index (κ3) is 3.47. The van der Waals surface area contributed by atoms with E-state index >= 15 is 0 Å². The highest BCUT2D eigenvalue weighted by Gasteiger charge is 2.24. The molecule has 0 spiro atoms. The van der Waals surface area contributed by atoms with E-state index in [1.807, 2.05) is 36.2 Å². The topological polar surface area (TPSA) is 64.7 Å². The number of benzene rings is 1. The van der Waals surface area contributed by atoms with Crippen molar-refractivity contribution in [1.29, 1.82) is 0 Å². The van der Waals surface area contributed by atoms with Crippen LogP contribution in [0.5, 0.6) is 0 Å². The SMILES string of the molecule is CNC1CCN(C(=O)c2cccc(N3CCCNC3=O)c2)CC1. The largest absolute Gasteiger partial charge is 0.339 e. The van der Waals surface area contributed by atoms with Gasteiger partial charge >= 0.3 is 6.03 Å². The second kappa shape index (κ2) is 7.00. The van der Waals surface area contributed by atoms with Crippen LogP contribution in [0, 0.1) is 0 Å². The summed E-state index contributed by atoms with van der Waals surface area (Å²) in [6.07, 6.45) is 2.88. The zero-order valence-electron chi connectivity index (χ0n) is 13.5. The van der Waals surface area contributed by atoms with E-state index in [0.717, 1.165) is 38.0 Å². The van der Waals surface area contributed by atoms with Gasteiger partial charge in [-0.2, -0.15) is 0 Å². The predicted molar refractivity (Wildman–Crippen MR) is 89.8 cm³/mol. The first-order chi connectivity index (χ1) is 11.2. The molecule has 1 aromatic carbocycles. The lowest BCUT2D eigenvalue weighted by molar-refractivity contribution is 0.0707. The quantitative estimate of drug-likeness (QED) is 0.887. The molecule has 0 unspecified atom stereocenters. The van der Waals surface area contributed by atoms with Crippen LogP contribution in [-0.2, 0) is 0 Å². The summed E-state index contributed by atoms with van der Waals surface area (Å²) in [7, 11) is 1.97. The minimum atomic E-state index is -0.0873. The van der Waals surface area contributed by atoms with Crippen LogP contribution in [0.1, 0.15) is 29.6 Å². The minimum Gasteiger partial charge on any atom is -0.339 e. The number of nitrogens with zero attached hydrogens (tertiary/aromatic N) is 2. The molecule has 0 aliphatic carbocycles. The maximum atomic E-state index is 12.7. The summed E-state index contributed by atoms with van der Waals surface area (Å²) in [5, 5.41) is 6.11. The summed E-state index contributed by atoms with van der Waals surface area (Å²) >= 11 is 0. The number of urea groups is 1. The summed E-state index contributed by atoms with van der Waals surface area (Å²) in [4.78, 5) is 28.3. The zero-order chi connectivity index (χ0) is 16.2. The zero-order valence-corrected chi connectivity index (χ0v) is 13.5. The molecule has 1 aromatic rings. The van der Waals surface area contributed by atoms with Crippen LogP contribution >= 0.6 is 0 Å². The number of hydrogen-bond donors (Lipinski definition) is 2. The molecule has 23 heavy (non-hydrogen) atoms. The fourth-order valence-electron chi connectivity index (χ4n) is 3.24. The second-order valence-corrected chi connectivity index (χ2v) is 6.14. The van der Waals surface area contributed by atoms with Crippen LogP contribution in [0.4, 0.5) is 10.5 Å². The molecule has 3 rings (SSSR count). The lowest BCUT2D eigenvalue weighted by atomic mass is 10.0. The van der Waals surface area contributed by atoms with Crippen molar-refractivity contribution in [3.05, 3.63) is 29.8 Å². The number of rotatable bonds is 3. The van der Waals surface area contributed by atoms with Gasteiger partial charge in [0.15, 0.2) is 0 Å². The van der Waals surface area contributed by atoms with Crippen molar-refractivity contribution in [3.8, 4) is 0 Å². The number of anilines is 1. The monoisotopic (exact) mass is 316 g/mol. The van der Waals surface area contributed by atoms with Gasteiger partial charge in [0.05, 0.1) is 0 Å². The Morgan fingerprint density at radius 1 is 1.26 bits per heavy atom. The molecule has 2 N–H and O–H groups in total. The van der Waals surface area contributed by atoms with E-state index in [4.69, 9.17) is 0 Å². The van der Waals surface area contributed by atoms with Crippen molar-refractivity contribution in [3.63, 3.8) is 0 Å². The highest BCUT2D eigenvalue weighted by Crippen LogP contribution is 2.21. The minimum absolute atomic E-state index is 0.0545. The standard InChI is InChI=1S/C17H24N4O2/c1-18-14-6-10-20(11-7-14)16(22)13-4-2-5-15(12-13)21-9-3-8-19-17(21)23/h2,4-5,12,14,18H,3,6-11H2,1H3,(H,19,23). The molecule has 124 valence electrons. The average molecular weight is 316 g/mol. The molecule has 2 saturated heterocycles. The Kier molecular flexibility index (Phi) is 4.81. The van der Waals surface area contributed by atoms with Crippen LogP contribution in [0.2, 0.25) is 0 Å². The lowest BCUT2D eigenvalue weighted by Crippen LogP contribution is -2.46. The molecule has 0 radical (unpaired) electrons. The molecular formula is C17H24N4O2. The summed E-state index contributed by atoms with van der Waals surface area (Å²) in [5.74, 6) is 0.0545. The normalized spacial score (nSPS) is 19.6. The molecule has 3 amide bonds. The summed E-state index contributed by atoms with van der Waals surface area (Å²) in [6.45, 7) is 2.96. The first-order valence-electron chi connectivity index (χ1n) is 8.31. The van der Waals surface area contributed by atoms with Gasteiger partial charge in [0, 0.05) is 43.5 Å². The van der Waals surface area contributed by atoms with Crippen molar-refractivity contribution in [2.75, 3.05) is 38.1 Å². The molecule has 0 bridgehead atoms. The predicted octanol–water partition coefficient (Wildman–Crippen LogP) is 1.43. The van der Waals surface area contributed by atoms with Gasteiger partial charge in [-0.05, 0) is 44.5 Å². The van der Waals surface area contributed by atoms with Crippen LogP contribution in [0.3, 0.4) is 0 Å². The van der Waals surface area contributed by atoms with E-state index in [1.54, 1.807) is 4.90 Å². The van der Waals surface area contributed by atoms with Crippen molar-refractivity contribution in [1.82, 2.24) is 15.5 Å². The number of amides is 3. The Morgan fingerprint density at radius 3 is 2.74 bits per heavy atom. The Labute approximate surface area is 136 Å². The lowest BCUT2D eigenvalue weighted by Gasteiger charge is -2.32. The Balaban J connectivity index is 1.72. The van der Waals surface area contributed by atoms with E-state index in [1.165, 1.54) is 0 Å². The Bertz CT molecular complexity index is 582. The first-order valence-corrected chi connectivity index (χ1v) is 8.31. The summed E-state index contributed by atoms with van der Waals surface area (Å²) < 4.78 is 0. The van der Waals surface area contributed by atoms with Gasteiger partial charge in [-0.1, -0.05) is 6.07 Å². The average Bonchev–Trinajstić information content (AvgIpc) is 2.62. The molecule has 0 saturated carbocycles. The number of nitrogens with one attached hydrogen (secondary N) is 2. The summed E-state index contributed by atoms with van der Waals surface area (Å²) in [5.41, 5.74) is 1.45. The maximum absolute atomic E-state index is 12.7. The maximum Gasteiger partial charge on any atom is 0.321 e. The highest BCUT2D eigenvalue weighted by molar-refractivity contribution is 5.98. The highest BCUT2D eigenvalue weighted by atomic mass is 16.2. The molecule has 2 aliphatic heterocycles. The van der Waals surface area contributed by atoms with Gasteiger partial charge in [-0.25, -0.2) is 4.79 Å². The fourth-order valence-corrected chi connectivity index (χ4v) is 3.24. The third-order valence-corrected chi connectivity index (χ3v) is 4.68. The van der Waals surface area contributed by atoms with Crippen molar-refractivity contribution in [2.45, 2.75) is 25.3 Å². The van der Waals surface area contributed by atoms with Crippen LogP contribution in [-0.4, -0.2) is 56.1 Å². The molecule has 6 nitrogen and oxygen atoms in total. The van der Waals surface area contributed by atoms with E-state index in [0.29, 0.717) is 24.7 Å². The number of carbonyl (C=O) groups excluding carboxylic acids is 2. The Hall–Kier alpha value is -2.08. The molecule has 0 atom stereocenters. The van der Waals surface area contributed by atoms with Gasteiger partial charge in [0.2, 0.25) is 0 Å². The molecule has 2 fully saturated rings. The van der Waals surface area contributed by atoms with Crippen molar-refractivity contribution >= 4 is 17.6 Å². The van der Waals surface area contributed by atoms with Gasteiger partial charge in [0.25, 0.3) is 5.91 Å². The van der Waals surface area contributed by atoms with Crippen molar-refractivity contribution in [2.24, 2.45) is 0 Å². The number of likely N-dealkylation sites (tertiary alicyclic amines) is 1. The second-order valence-electron chi connectivity index (χ2n) is 6.14. The molecule has 0 aromatic heterocycles. The number of piperidine rings is 1. The summed E-state index contributed by atoms with van der Waals surface area (Å²) in [6, 6.07) is 7.81. The number of carbonyl (C=O) groups is 2. The van der Waals surface area contributed by atoms with Crippen LogP contribution < -0.4 is 15.5 Å². The van der Waals surface area contributed by atoms with Crippen LogP contribution in [0.15, 0.2) is 24.3 Å². The Morgan fingerprint density at radius 2 is 2.04 bits per heavy atom. The van der Waals surface area contributed by atoms with E-state index in [-0.39, 0.29) is 11.9 Å². The van der Waals surface area contributed by atoms with Gasteiger partial charge in [-0.15, -0.1) is 0 Å².